The fourth-order valence-electron chi connectivity index (χ4n) is 3.34. The van der Waals surface area contributed by atoms with Crippen molar-refractivity contribution in [1.29, 1.82) is 0 Å². The maximum atomic E-state index is 12.5. The third kappa shape index (κ3) is 2.60. The highest BCUT2D eigenvalue weighted by Crippen LogP contribution is 2.20. The Morgan fingerprint density at radius 1 is 0.909 bits per heavy atom. The molecule has 0 aromatic carbocycles. The Hall–Kier alpha value is -1.91. The van der Waals surface area contributed by atoms with E-state index in [4.69, 9.17) is 0 Å². The van der Waals surface area contributed by atoms with E-state index in [0.29, 0.717) is 11.0 Å². The van der Waals surface area contributed by atoms with Crippen LogP contribution in [0.5, 0.6) is 0 Å². The van der Waals surface area contributed by atoms with E-state index in [0.717, 1.165) is 36.9 Å². The molecule has 2 aromatic rings. The number of hydrogen-bond acceptors (Lipinski definition) is 3. The summed E-state index contributed by atoms with van der Waals surface area (Å²) in [6.45, 7) is 0. The smallest absolute Gasteiger partial charge is 0.280 e. The molecule has 0 unspecified atom stereocenters. The van der Waals surface area contributed by atoms with Gasteiger partial charge < -0.3 is 0 Å². The number of pyridine rings is 1. The van der Waals surface area contributed by atoms with Crippen LogP contribution in [0.25, 0.3) is 11.0 Å². The van der Waals surface area contributed by atoms with E-state index >= 15 is 0 Å². The molecule has 3 rings (SSSR count). The van der Waals surface area contributed by atoms with Gasteiger partial charge in [-0.1, -0.05) is 25.7 Å². The third-order valence-electron chi connectivity index (χ3n) is 4.67. The lowest BCUT2D eigenvalue weighted by atomic mass is 10.0. The summed E-state index contributed by atoms with van der Waals surface area (Å²) in [7, 11) is 3.23. The molecule has 0 saturated carbocycles. The van der Waals surface area contributed by atoms with Gasteiger partial charge >= 0.3 is 5.69 Å². The molecule has 0 aliphatic heterocycles. The largest absolute Gasteiger partial charge is 0.332 e. The molecule has 0 atom stereocenters. The first-order valence-electron chi connectivity index (χ1n) is 8.18. The molecule has 0 saturated heterocycles. The standard InChI is InChI=1S/C17H23N3O2/c1-19-15-14(16(21)20(2)17(19)22)12-9-7-5-3-4-6-8-10-13(11-12)18-15/h11H,3-10H2,1-2H3. The van der Waals surface area contributed by atoms with Crippen molar-refractivity contribution >= 4 is 11.0 Å². The fourth-order valence-corrected chi connectivity index (χ4v) is 3.34. The molecule has 2 heterocycles. The zero-order chi connectivity index (χ0) is 15.7. The lowest BCUT2D eigenvalue weighted by Gasteiger charge is -2.12. The minimum atomic E-state index is -0.308. The summed E-state index contributed by atoms with van der Waals surface area (Å²) in [5, 5.41) is 0.618. The third-order valence-corrected chi connectivity index (χ3v) is 4.67. The maximum Gasteiger partial charge on any atom is 0.332 e. The van der Waals surface area contributed by atoms with Crippen molar-refractivity contribution in [2.75, 3.05) is 0 Å². The van der Waals surface area contributed by atoms with E-state index in [1.54, 1.807) is 7.05 Å². The number of hydrogen-bond donors (Lipinski definition) is 0. The first-order valence-corrected chi connectivity index (χ1v) is 8.18. The second-order valence-corrected chi connectivity index (χ2v) is 6.30. The monoisotopic (exact) mass is 301 g/mol. The fraction of sp³-hybridized carbons (Fsp3) is 0.588. The van der Waals surface area contributed by atoms with Gasteiger partial charge in [-0.2, -0.15) is 0 Å². The van der Waals surface area contributed by atoms with Crippen molar-refractivity contribution in [3.63, 3.8) is 0 Å². The molecule has 5 nitrogen and oxygen atoms in total. The lowest BCUT2D eigenvalue weighted by Crippen LogP contribution is -2.37. The van der Waals surface area contributed by atoms with Crippen LogP contribution in [-0.4, -0.2) is 14.1 Å². The Morgan fingerprint density at radius 2 is 1.55 bits per heavy atom. The lowest BCUT2D eigenvalue weighted by molar-refractivity contribution is 0.597. The highest BCUT2D eigenvalue weighted by Gasteiger charge is 2.15. The molecule has 5 heteroatoms. The summed E-state index contributed by atoms with van der Waals surface area (Å²) >= 11 is 0. The van der Waals surface area contributed by atoms with Crippen molar-refractivity contribution in [3.8, 4) is 0 Å². The number of aryl methyl sites for hydroxylation is 3. The van der Waals surface area contributed by atoms with Crippen LogP contribution in [0, 0.1) is 0 Å². The van der Waals surface area contributed by atoms with Crippen LogP contribution in [0.4, 0.5) is 0 Å². The second-order valence-electron chi connectivity index (χ2n) is 6.30. The summed E-state index contributed by atoms with van der Waals surface area (Å²) < 4.78 is 2.69. The predicted octanol–water partition coefficient (Wildman–Crippen LogP) is 2.07. The van der Waals surface area contributed by atoms with Crippen molar-refractivity contribution in [1.82, 2.24) is 14.1 Å². The van der Waals surface area contributed by atoms with Gasteiger partial charge in [-0.05, 0) is 37.3 Å². The summed E-state index contributed by atoms with van der Waals surface area (Å²) in [6, 6.07) is 2.08. The van der Waals surface area contributed by atoms with Crippen molar-refractivity contribution in [3.05, 3.63) is 38.2 Å². The number of rotatable bonds is 0. The highest BCUT2D eigenvalue weighted by molar-refractivity contribution is 5.78. The molecule has 22 heavy (non-hydrogen) atoms. The van der Waals surface area contributed by atoms with E-state index in [1.807, 2.05) is 0 Å². The Kier molecular flexibility index (Phi) is 4.14. The Balaban J connectivity index is 2.28. The summed E-state index contributed by atoms with van der Waals surface area (Å²) in [5.41, 5.74) is 2.07. The summed E-state index contributed by atoms with van der Waals surface area (Å²) in [5.74, 6) is 0. The van der Waals surface area contributed by atoms with Gasteiger partial charge in [-0.3, -0.25) is 13.9 Å². The second kappa shape index (κ2) is 6.07. The van der Waals surface area contributed by atoms with Gasteiger partial charge in [0.2, 0.25) is 0 Å². The number of nitrogens with zero attached hydrogens (tertiary/aromatic N) is 3. The number of fused-ring (bicyclic) bond motifs is 4. The van der Waals surface area contributed by atoms with Gasteiger partial charge in [0, 0.05) is 19.8 Å². The zero-order valence-electron chi connectivity index (χ0n) is 13.4. The van der Waals surface area contributed by atoms with Gasteiger partial charge in [0.25, 0.3) is 5.56 Å². The predicted molar refractivity (Wildman–Crippen MR) is 87.3 cm³/mol. The summed E-state index contributed by atoms with van der Waals surface area (Å²) in [6.07, 6.45) is 8.98. The molecule has 2 aromatic heterocycles. The molecule has 0 N–H and O–H groups in total. The Bertz CT molecular complexity index is 817. The van der Waals surface area contributed by atoms with E-state index in [9.17, 15) is 9.59 Å². The molecular weight excluding hydrogens is 278 g/mol. The van der Waals surface area contributed by atoms with E-state index in [1.165, 1.54) is 41.9 Å². The average Bonchev–Trinajstić information content (AvgIpc) is 2.56. The van der Waals surface area contributed by atoms with Gasteiger partial charge in [-0.15, -0.1) is 0 Å². The molecular formula is C17H23N3O2. The van der Waals surface area contributed by atoms with Gasteiger partial charge in [0.05, 0.1) is 5.39 Å². The molecule has 0 fully saturated rings. The van der Waals surface area contributed by atoms with Crippen molar-refractivity contribution in [2.45, 2.75) is 51.4 Å². The average molecular weight is 301 g/mol. The van der Waals surface area contributed by atoms with Crippen LogP contribution in [-0.2, 0) is 26.9 Å². The highest BCUT2D eigenvalue weighted by atomic mass is 16.2. The van der Waals surface area contributed by atoms with Gasteiger partial charge in [0.15, 0.2) is 0 Å². The first-order chi connectivity index (χ1) is 10.6. The van der Waals surface area contributed by atoms with Crippen molar-refractivity contribution in [2.24, 2.45) is 14.1 Å². The molecule has 118 valence electrons. The van der Waals surface area contributed by atoms with E-state index in [-0.39, 0.29) is 11.2 Å². The normalized spacial score (nSPS) is 16.5. The van der Waals surface area contributed by atoms with E-state index < -0.39 is 0 Å². The van der Waals surface area contributed by atoms with Crippen LogP contribution in [0.15, 0.2) is 15.7 Å². The van der Waals surface area contributed by atoms with Crippen LogP contribution in [0.1, 0.15) is 49.8 Å². The number of aromatic nitrogens is 3. The zero-order valence-corrected chi connectivity index (χ0v) is 13.4. The summed E-state index contributed by atoms with van der Waals surface area (Å²) in [4.78, 5) is 29.3. The van der Waals surface area contributed by atoms with Crippen LogP contribution in [0.3, 0.4) is 0 Å². The molecule has 0 amide bonds. The first kappa shape index (κ1) is 15.0. The topological polar surface area (TPSA) is 56.9 Å². The molecule has 1 aliphatic carbocycles. The maximum absolute atomic E-state index is 12.5. The van der Waals surface area contributed by atoms with Crippen molar-refractivity contribution < 1.29 is 0 Å². The molecule has 2 bridgehead atoms. The Morgan fingerprint density at radius 3 is 2.27 bits per heavy atom. The molecule has 0 radical (unpaired) electrons. The molecule has 0 spiro atoms. The molecule has 1 aliphatic rings. The van der Waals surface area contributed by atoms with Crippen LogP contribution < -0.4 is 11.2 Å². The SMILES string of the molecule is Cn1c(=O)c2c3cc(nc2n(C)c1=O)CCCCCCCC3. The Labute approximate surface area is 129 Å². The van der Waals surface area contributed by atoms with Gasteiger partial charge in [0.1, 0.15) is 5.65 Å². The minimum Gasteiger partial charge on any atom is -0.280 e. The van der Waals surface area contributed by atoms with Crippen LogP contribution >= 0.6 is 0 Å². The quantitative estimate of drug-likeness (QED) is 0.748. The van der Waals surface area contributed by atoms with Gasteiger partial charge in [-0.25, -0.2) is 9.78 Å². The minimum absolute atomic E-state index is 0.220. The van der Waals surface area contributed by atoms with Crippen LogP contribution in [0.2, 0.25) is 0 Å². The van der Waals surface area contributed by atoms with E-state index in [2.05, 4.69) is 11.1 Å².